The zero-order chi connectivity index (χ0) is 15.0. The number of para-hydroxylation sites is 1. The number of aliphatic hydroxyl groups is 1. The van der Waals surface area contributed by atoms with Crippen LogP contribution in [0.15, 0.2) is 48.5 Å². The summed E-state index contributed by atoms with van der Waals surface area (Å²) in [5.41, 5.74) is 6.85. The summed E-state index contributed by atoms with van der Waals surface area (Å²) in [6, 6.07) is 12.9. The van der Waals surface area contributed by atoms with Gasteiger partial charge in [0.05, 0.1) is 10.6 Å². The number of nitro groups is 1. The molecule has 0 unspecified atom stereocenters. The number of hydrogen-bond acceptors (Lipinski definition) is 5. The van der Waals surface area contributed by atoms with E-state index in [2.05, 4.69) is 0 Å². The zero-order valence-electron chi connectivity index (χ0n) is 10.8. The fourth-order valence-corrected chi connectivity index (χ4v) is 1.44. The Hall–Kier alpha value is -2.60. The fourth-order valence-electron chi connectivity index (χ4n) is 1.44. The highest BCUT2D eigenvalue weighted by Crippen LogP contribution is 2.20. The first kappa shape index (κ1) is 15.5. The fraction of sp³-hybridized carbons (Fsp3) is 0.143. The van der Waals surface area contributed by atoms with Crippen molar-refractivity contribution in [2.24, 2.45) is 0 Å². The lowest BCUT2D eigenvalue weighted by Crippen LogP contribution is -1.92. The van der Waals surface area contributed by atoms with Crippen LogP contribution in [0, 0.1) is 10.1 Å². The summed E-state index contributed by atoms with van der Waals surface area (Å²) in [7, 11) is 0. The van der Waals surface area contributed by atoms with Crippen LogP contribution < -0.4 is 5.73 Å². The molecule has 2 aromatic carbocycles. The Balaban J connectivity index is 0.000000204. The number of non-ortho nitro benzene ring substituents is 1. The minimum absolute atomic E-state index is 0.0895. The minimum Gasteiger partial charge on any atom is -0.506 e. The van der Waals surface area contributed by atoms with E-state index in [1.54, 1.807) is 30.3 Å². The predicted molar refractivity (Wildman–Crippen MR) is 76.4 cm³/mol. The number of hydrogen-bond donors (Lipinski definition) is 3. The first-order chi connectivity index (χ1) is 9.54. The lowest BCUT2D eigenvalue weighted by molar-refractivity contribution is -0.384. The second-order valence-electron chi connectivity index (χ2n) is 3.96. The largest absolute Gasteiger partial charge is 0.506 e. The van der Waals surface area contributed by atoms with Gasteiger partial charge in [0.1, 0.15) is 5.75 Å². The minimum atomic E-state index is -0.417. The molecule has 0 fully saturated rings. The molecule has 0 bridgehead atoms. The van der Waals surface area contributed by atoms with Crippen LogP contribution in [-0.4, -0.2) is 21.7 Å². The number of anilines is 1. The molecular formula is C14H16N2O4. The van der Waals surface area contributed by atoms with Gasteiger partial charge in [0.15, 0.2) is 0 Å². The maximum atomic E-state index is 10.0. The molecule has 0 aliphatic heterocycles. The van der Waals surface area contributed by atoms with Crippen molar-refractivity contribution in [2.45, 2.75) is 6.42 Å². The number of nitrogens with zero attached hydrogens (tertiary/aromatic N) is 1. The number of aromatic hydroxyl groups is 1. The molecule has 0 saturated carbocycles. The van der Waals surface area contributed by atoms with E-state index in [0.29, 0.717) is 12.1 Å². The van der Waals surface area contributed by atoms with Crippen LogP contribution in [0.2, 0.25) is 0 Å². The molecule has 6 nitrogen and oxygen atoms in total. The van der Waals surface area contributed by atoms with Crippen molar-refractivity contribution in [3.8, 4) is 5.75 Å². The van der Waals surface area contributed by atoms with E-state index in [1.165, 1.54) is 18.2 Å². The molecule has 20 heavy (non-hydrogen) atoms. The number of rotatable bonds is 3. The van der Waals surface area contributed by atoms with E-state index in [-0.39, 0.29) is 18.0 Å². The van der Waals surface area contributed by atoms with Crippen molar-refractivity contribution in [2.75, 3.05) is 12.3 Å². The summed E-state index contributed by atoms with van der Waals surface area (Å²) in [5, 5.41) is 27.6. The van der Waals surface area contributed by atoms with Crippen LogP contribution in [0.4, 0.5) is 11.4 Å². The molecule has 106 valence electrons. The van der Waals surface area contributed by atoms with Crippen LogP contribution in [0.1, 0.15) is 5.56 Å². The Morgan fingerprint density at radius 3 is 2.25 bits per heavy atom. The molecule has 0 radical (unpaired) electrons. The molecule has 2 rings (SSSR count). The summed E-state index contributed by atoms with van der Waals surface area (Å²) >= 11 is 0. The maximum absolute atomic E-state index is 10.0. The Labute approximate surface area is 116 Å². The third-order valence-electron chi connectivity index (χ3n) is 2.46. The number of nitrogens with two attached hydrogens (primary N) is 1. The third kappa shape index (κ3) is 4.95. The van der Waals surface area contributed by atoms with Crippen molar-refractivity contribution in [1.82, 2.24) is 0 Å². The lowest BCUT2D eigenvalue weighted by atomic mass is 10.1. The highest BCUT2D eigenvalue weighted by atomic mass is 16.6. The number of phenols is 1. The number of phenolic OH excluding ortho intramolecular Hbond substituents is 1. The summed E-state index contributed by atoms with van der Waals surface area (Å²) in [5.74, 6) is 0.0895. The molecule has 0 spiro atoms. The first-order valence-electron chi connectivity index (χ1n) is 5.92. The average Bonchev–Trinajstić information content (AvgIpc) is 2.45. The van der Waals surface area contributed by atoms with E-state index >= 15 is 0 Å². The van der Waals surface area contributed by atoms with Crippen LogP contribution in [-0.2, 0) is 6.42 Å². The van der Waals surface area contributed by atoms with Crippen molar-refractivity contribution < 1.29 is 15.1 Å². The summed E-state index contributed by atoms with van der Waals surface area (Å²) < 4.78 is 0. The van der Waals surface area contributed by atoms with E-state index in [9.17, 15) is 10.1 Å². The van der Waals surface area contributed by atoms with Crippen molar-refractivity contribution in [3.05, 3.63) is 64.2 Å². The number of nitrogen functional groups attached to an aromatic ring is 1. The molecule has 4 N–H and O–H groups in total. The quantitative estimate of drug-likeness (QED) is 0.344. The predicted octanol–water partition coefficient (Wildman–Crippen LogP) is 2.10. The second kappa shape index (κ2) is 7.75. The Morgan fingerprint density at radius 1 is 1.15 bits per heavy atom. The third-order valence-corrected chi connectivity index (χ3v) is 2.46. The van der Waals surface area contributed by atoms with Crippen LogP contribution >= 0.6 is 0 Å². The summed E-state index contributed by atoms with van der Waals surface area (Å²) in [4.78, 5) is 9.59. The normalized spacial score (nSPS) is 9.45. The molecule has 0 aliphatic rings. The lowest BCUT2D eigenvalue weighted by Gasteiger charge is -2.01. The molecule has 0 aromatic heterocycles. The summed E-state index contributed by atoms with van der Waals surface area (Å²) in [6.07, 6.45) is 0.574. The molecular weight excluding hydrogens is 260 g/mol. The number of nitro benzene ring substituents is 1. The van der Waals surface area contributed by atoms with Crippen LogP contribution in [0.25, 0.3) is 0 Å². The zero-order valence-corrected chi connectivity index (χ0v) is 10.8. The molecule has 0 saturated heterocycles. The Bertz CT molecular complexity index is 558. The highest BCUT2D eigenvalue weighted by molar-refractivity contribution is 5.53. The Kier molecular flexibility index (Phi) is 5.99. The van der Waals surface area contributed by atoms with Gasteiger partial charge in [-0.3, -0.25) is 10.1 Å². The summed E-state index contributed by atoms with van der Waals surface area (Å²) in [6.45, 7) is 0.101. The van der Waals surface area contributed by atoms with Crippen molar-refractivity contribution in [3.63, 3.8) is 0 Å². The number of aliphatic hydroxyl groups excluding tert-OH is 1. The number of benzene rings is 2. The highest BCUT2D eigenvalue weighted by Gasteiger charge is 1.98. The standard InChI is InChI=1S/C8H11NO2.C6H5NO2/c9-7-5-6(3-4-10)1-2-8(7)11;8-7(9)6-4-2-1-3-5-6/h1-2,5,10-11H,3-4,9H2;1-5H. The maximum Gasteiger partial charge on any atom is 0.269 e. The van der Waals surface area contributed by atoms with Gasteiger partial charge >= 0.3 is 0 Å². The Morgan fingerprint density at radius 2 is 1.80 bits per heavy atom. The van der Waals surface area contributed by atoms with E-state index in [0.717, 1.165) is 5.56 Å². The van der Waals surface area contributed by atoms with Gasteiger partial charge in [-0.1, -0.05) is 24.3 Å². The van der Waals surface area contributed by atoms with Gasteiger partial charge < -0.3 is 15.9 Å². The molecule has 0 heterocycles. The molecule has 0 amide bonds. The van der Waals surface area contributed by atoms with Crippen molar-refractivity contribution in [1.29, 1.82) is 0 Å². The van der Waals surface area contributed by atoms with Gasteiger partial charge in [-0.15, -0.1) is 0 Å². The van der Waals surface area contributed by atoms with E-state index in [1.807, 2.05) is 0 Å². The molecule has 2 aromatic rings. The van der Waals surface area contributed by atoms with Gasteiger partial charge in [0, 0.05) is 18.7 Å². The van der Waals surface area contributed by atoms with Gasteiger partial charge in [-0.25, -0.2) is 0 Å². The monoisotopic (exact) mass is 276 g/mol. The molecule has 0 atom stereocenters. The van der Waals surface area contributed by atoms with E-state index in [4.69, 9.17) is 15.9 Å². The smallest absolute Gasteiger partial charge is 0.269 e. The van der Waals surface area contributed by atoms with Gasteiger partial charge in [-0.2, -0.15) is 0 Å². The average molecular weight is 276 g/mol. The molecule has 6 heteroatoms. The topological polar surface area (TPSA) is 110 Å². The van der Waals surface area contributed by atoms with Gasteiger partial charge in [-0.05, 0) is 24.1 Å². The first-order valence-corrected chi connectivity index (χ1v) is 5.92. The SMILES string of the molecule is Nc1cc(CCO)ccc1O.O=[N+]([O-])c1ccccc1. The van der Waals surface area contributed by atoms with Crippen LogP contribution in [0.5, 0.6) is 5.75 Å². The van der Waals surface area contributed by atoms with Gasteiger partial charge in [0.25, 0.3) is 5.69 Å². The van der Waals surface area contributed by atoms with Crippen LogP contribution in [0.3, 0.4) is 0 Å². The molecule has 0 aliphatic carbocycles. The second-order valence-corrected chi connectivity index (χ2v) is 3.96. The van der Waals surface area contributed by atoms with Gasteiger partial charge in [0.2, 0.25) is 0 Å². The van der Waals surface area contributed by atoms with Crippen molar-refractivity contribution >= 4 is 11.4 Å². The van der Waals surface area contributed by atoms with E-state index < -0.39 is 4.92 Å².